The van der Waals surface area contributed by atoms with Crippen molar-refractivity contribution in [3.63, 3.8) is 0 Å². The fraction of sp³-hybridized carbons (Fsp3) is 0.300. The second-order valence-electron chi connectivity index (χ2n) is 5.34. The molecule has 116 valence electrons. The molecule has 0 aliphatic carbocycles. The van der Waals surface area contributed by atoms with Gasteiger partial charge < -0.3 is 10.6 Å². The van der Waals surface area contributed by atoms with Crippen molar-refractivity contribution < 1.29 is 0 Å². The summed E-state index contributed by atoms with van der Waals surface area (Å²) in [6.07, 6.45) is 2.21. The standard InChI is InChI=1S/C20H26N2/c1-3-15-21-19(17-11-7-5-8-12-17)20(22-16-4-2)18-13-9-6-10-14-18/h5-14,21-22H,3-4,15-16H2,1-2H3. The Balaban J connectivity index is 2.48. The quantitative estimate of drug-likeness (QED) is 0.700. The number of rotatable bonds is 8. The lowest BCUT2D eigenvalue weighted by atomic mass is 10.0. The molecule has 0 saturated heterocycles. The van der Waals surface area contributed by atoms with Crippen LogP contribution in [0.25, 0.3) is 11.4 Å². The van der Waals surface area contributed by atoms with Crippen LogP contribution in [0, 0.1) is 0 Å². The van der Waals surface area contributed by atoms with Gasteiger partial charge >= 0.3 is 0 Å². The van der Waals surface area contributed by atoms with Crippen molar-refractivity contribution in [3.8, 4) is 0 Å². The molecule has 2 aromatic rings. The molecule has 0 saturated carbocycles. The third-order valence-corrected chi connectivity index (χ3v) is 3.48. The van der Waals surface area contributed by atoms with E-state index in [1.54, 1.807) is 0 Å². The molecule has 0 aromatic heterocycles. The SMILES string of the molecule is CCCNC(=C(NCCC)c1ccccc1)c1ccccc1. The van der Waals surface area contributed by atoms with Crippen LogP contribution in [0.1, 0.15) is 37.8 Å². The van der Waals surface area contributed by atoms with Crippen LogP contribution in [0.4, 0.5) is 0 Å². The van der Waals surface area contributed by atoms with Crippen molar-refractivity contribution in [3.05, 3.63) is 71.8 Å². The molecule has 0 spiro atoms. The Kier molecular flexibility index (Phi) is 6.56. The smallest absolute Gasteiger partial charge is 0.0655 e. The minimum absolute atomic E-state index is 0.967. The zero-order valence-electron chi connectivity index (χ0n) is 13.6. The average Bonchev–Trinajstić information content (AvgIpc) is 2.59. The summed E-state index contributed by atoms with van der Waals surface area (Å²) in [5, 5.41) is 7.22. The molecule has 2 rings (SSSR count). The van der Waals surface area contributed by atoms with E-state index in [1.807, 2.05) is 0 Å². The van der Waals surface area contributed by atoms with Crippen molar-refractivity contribution in [1.82, 2.24) is 10.6 Å². The lowest BCUT2D eigenvalue weighted by Gasteiger charge is -2.19. The molecule has 0 amide bonds. The third kappa shape index (κ3) is 4.39. The van der Waals surface area contributed by atoms with Crippen molar-refractivity contribution in [2.24, 2.45) is 0 Å². The van der Waals surface area contributed by atoms with Gasteiger partial charge in [-0.25, -0.2) is 0 Å². The Bertz CT molecular complexity index is 520. The number of hydrogen-bond donors (Lipinski definition) is 2. The highest BCUT2D eigenvalue weighted by Crippen LogP contribution is 2.22. The summed E-state index contributed by atoms with van der Waals surface area (Å²) in [5.74, 6) is 0. The van der Waals surface area contributed by atoms with Crippen LogP contribution in [-0.4, -0.2) is 13.1 Å². The first-order chi connectivity index (χ1) is 10.9. The first-order valence-corrected chi connectivity index (χ1v) is 8.19. The van der Waals surface area contributed by atoms with Crippen molar-refractivity contribution in [2.45, 2.75) is 26.7 Å². The van der Waals surface area contributed by atoms with Crippen LogP contribution in [-0.2, 0) is 0 Å². The van der Waals surface area contributed by atoms with E-state index in [9.17, 15) is 0 Å². The second-order valence-corrected chi connectivity index (χ2v) is 5.34. The highest BCUT2D eigenvalue weighted by Gasteiger charge is 2.10. The zero-order valence-corrected chi connectivity index (χ0v) is 13.6. The van der Waals surface area contributed by atoms with Gasteiger partial charge in [0.05, 0.1) is 11.4 Å². The van der Waals surface area contributed by atoms with E-state index in [0.717, 1.165) is 25.9 Å². The predicted octanol–water partition coefficient (Wildman–Crippen LogP) is 4.51. The summed E-state index contributed by atoms with van der Waals surface area (Å²) < 4.78 is 0. The van der Waals surface area contributed by atoms with Crippen LogP contribution in [0.2, 0.25) is 0 Å². The highest BCUT2D eigenvalue weighted by molar-refractivity contribution is 5.88. The molecular formula is C20H26N2. The third-order valence-electron chi connectivity index (χ3n) is 3.48. The monoisotopic (exact) mass is 294 g/mol. The molecule has 0 aliphatic rings. The van der Waals surface area contributed by atoms with Gasteiger partial charge in [-0.15, -0.1) is 0 Å². The average molecular weight is 294 g/mol. The van der Waals surface area contributed by atoms with Gasteiger partial charge in [-0.1, -0.05) is 74.5 Å². The molecule has 0 atom stereocenters. The van der Waals surface area contributed by atoms with Crippen LogP contribution < -0.4 is 10.6 Å². The van der Waals surface area contributed by atoms with Gasteiger partial charge in [0.2, 0.25) is 0 Å². The Labute approximate surface area is 134 Å². The summed E-state index contributed by atoms with van der Waals surface area (Å²) in [5.41, 5.74) is 4.81. The maximum atomic E-state index is 3.61. The van der Waals surface area contributed by atoms with E-state index >= 15 is 0 Å². The molecule has 0 bridgehead atoms. The van der Waals surface area contributed by atoms with Crippen molar-refractivity contribution >= 4 is 11.4 Å². The summed E-state index contributed by atoms with van der Waals surface area (Å²) >= 11 is 0. The molecule has 2 heteroatoms. The Hall–Kier alpha value is -2.22. The zero-order chi connectivity index (χ0) is 15.6. The fourth-order valence-electron chi connectivity index (χ4n) is 2.38. The molecular weight excluding hydrogens is 268 g/mol. The summed E-state index contributed by atoms with van der Waals surface area (Å²) in [6.45, 7) is 6.32. The summed E-state index contributed by atoms with van der Waals surface area (Å²) in [7, 11) is 0. The lowest BCUT2D eigenvalue weighted by Crippen LogP contribution is -2.22. The van der Waals surface area contributed by atoms with Gasteiger partial charge in [0.15, 0.2) is 0 Å². The lowest BCUT2D eigenvalue weighted by molar-refractivity contribution is 0.800. The van der Waals surface area contributed by atoms with E-state index in [4.69, 9.17) is 0 Å². The number of hydrogen-bond acceptors (Lipinski definition) is 2. The van der Waals surface area contributed by atoms with Crippen LogP contribution >= 0.6 is 0 Å². The van der Waals surface area contributed by atoms with Crippen LogP contribution in [0.15, 0.2) is 60.7 Å². The minimum Gasteiger partial charge on any atom is -0.383 e. The largest absolute Gasteiger partial charge is 0.383 e. The molecule has 0 radical (unpaired) electrons. The molecule has 2 aromatic carbocycles. The van der Waals surface area contributed by atoms with E-state index in [1.165, 1.54) is 22.5 Å². The molecule has 2 nitrogen and oxygen atoms in total. The van der Waals surface area contributed by atoms with Gasteiger partial charge in [0, 0.05) is 13.1 Å². The topological polar surface area (TPSA) is 24.1 Å². The van der Waals surface area contributed by atoms with Gasteiger partial charge in [0.1, 0.15) is 0 Å². The maximum Gasteiger partial charge on any atom is 0.0655 e. The van der Waals surface area contributed by atoms with Crippen LogP contribution in [0.5, 0.6) is 0 Å². The highest BCUT2D eigenvalue weighted by atomic mass is 15.0. The number of benzene rings is 2. The van der Waals surface area contributed by atoms with E-state index in [2.05, 4.69) is 85.1 Å². The summed E-state index contributed by atoms with van der Waals surface area (Å²) in [6, 6.07) is 21.1. The first-order valence-electron chi connectivity index (χ1n) is 8.19. The van der Waals surface area contributed by atoms with Crippen LogP contribution in [0.3, 0.4) is 0 Å². The Morgan fingerprint density at radius 2 is 1.00 bits per heavy atom. The summed E-state index contributed by atoms with van der Waals surface area (Å²) in [4.78, 5) is 0. The van der Waals surface area contributed by atoms with Gasteiger partial charge in [0.25, 0.3) is 0 Å². The minimum atomic E-state index is 0.967. The second kappa shape index (κ2) is 8.93. The Morgan fingerprint density at radius 3 is 1.32 bits per heavy atom. The maximum absolute atomic E-state index is 3.61. The fourth-order valence-corrected chi connectivity index (χ4v) is 2.38. The molecule has 0 unspecified atom stereocenters. The molecule has 0 aliphatic heterocycles. The van der Waals surface area contributed by atoms with Gasteiger partial charge in [-0.2, -0.15) is 0 Å². The molecule has 0 fully saturated rings. The van der Waals surface area contributed by atoms with Gasteiger partial charge in [-0.05, 0) is 24.0 Å². The van der Waals surface area contributed by atoms with Crippen molar-refractivity contribution in [1.29, 1.82) is 0 Å². The first kappa shape index (κ1) is 16.2. The Morgan fingerprint density at radius 1 is 0.636 bits per heavy atom. The molecule has 2 N–H and O–H groups in total. The van der Waals surface area contributed by atoms with E-state index in [0.29, 0.717) is 0 Å². The van der Waals surface area contributed by atoms with Crippen molar-refractivity contribution in [2.75, 3.05) is 13.1 Å². The number of nitrogens with one attached hydrogen (secondary N) is 2. The predicted molar refractivity (Wildman–Crippen MR) is 96.3 cm³/mol. The van der Waals surface area contributed by atoms with E-state index in [-0.39, 0.29) is 0 Å². The van der Waals surface area contributed by atoms with Gasteiger partial charge in [-0.3, -0.25) is 0 Å². The molecule has 0 heterocycles. The van der Waals surface area contributed by atoms with E-state index < -0.39 is 0 Å². The molecule has 22 heavy (non-hydrogen) atoms. The normalized spacial score (nSPS) is 11.7.